The van der Waals surface area contributed by atoms with Crippen molar-refractivity contribution in [3.63, 3.8) is 0 Å². The second-order valence-corrected chi connectivity index (χ2v) is 5.10. The van der Waals surface area contributed by atoms with Gasteiger partial charge in [0.15, 0.2) is 5.76 Å². The molecule has 0 saturated heterocycles. The first-order valence-electron chi connectivity index (χ1n) is 6.73. The molecule has 0 bridgehead atoms. The molecule has 0 atom stereocenters. The Hall–Kier alpha value is -1.82. The topological polar surface area (TPSA) is 88.8 Å². The fraction of sp³-hybridized carbons (Fsp3) is 0.571. The first-order valence-corrected chi connectivity index (χ1v) is 6.73. The van der Waals surface area contributed by atoms with E-state index in [0.717, 1.165) is 25.7 Å². The summed E-state index contributed by atoms with van der Waals surface area (Å²) in [5.41, 5.74) is -0.309. The molecule has 6 nitrogen and oxygen atoms in total. The van der Waals surface area contributed by atoms with Crippen LogP contribution >= 0.6 is 0 Å². The first-order chi connectivity index (χ1) is 9.56. The van der Waals surface area contributed by atoms with Crippen LogP contribution in [0.3, 0.4) is 0 Å². The van der Waals surface area contributed by atoms with Crippen molar-refractivity contribution in [2.24, 2.45) is 0 Å². The van der Waals surface area contributed by atoms with E-state index in [1.165, 1.54) is 18.6 Å². The second-order valence-electron chi connectivity index (χ2n) is 5.10. The Morgan fingerprint density at radius 2 is 1.95 bits per heavy atom. The molecule has 1 heterocycles. The molecule has 110 valence electrons. The number of carboxylic acid groups (broad SMARTS) is 1. The summed E-state index contributed by atoms with van der Waals surface area (Å²) in [6.07, 6.45) is 5.21. The Labute approximate surface area is 117 Å². The predicted molar refractivity (Wildman–Crippen MR) is 70.8 cm³/mol. The molecule has 1 aliphatic rings. The number of amides is 1. The average molecular weight is 281 g/mol. The molecule has 1 saturated carbocycles. The zero-order valence-corrected chi connectivity index (χ0v) is 11.5. The fourth-order valence-corrected chi connectivity index (χ4v) is 2.55. The third-order valence-corrected chi connectivity index (χ3v) is 3.81. The van der Waals surface area contributed by atoms with Crippen LogP contribution in [-0.2, 0) is 4.74 Å². The van der Waals surface area contributed by atoms with E-state index >= 15 is 0 Å². The van der Waals surface area contributed by atoms with Gasteiger partial charge in [0.25, 0.3) is 5.91 Å². The van der Waals surface area contributed by atoms with Gasteiger partial charge >= 0.3 is 5.97 Å². The molecule has 1 aromatic rings. The van der Waals surface area contributed by atoms with Gasteiger partial charge in [-0.1, -0.05) is 19.3 Å². The summed E-state index contributed by atoms with van der Waals surface area (Å²) in [6.45, 7) is 0.408. The number of carbonyl (C=O) groups is 2. The van der Waals surface area contributed by atoms with Crippen LogP contribution in [0.1, 0.15) is 53.2 Å². The van der Waals surface area contributed by atoms with E-state index in [1.54, 1.807) is 7.11 Å². The van der Waals surface area contributed by atoms with Crippen molar-refractivity contribution in [1.29, 1.82) is 0 Å². The van der Waals surface area contributed by atoms with E-state index < -0.39 is 11.9 Å². The van der Waals surface area contributed by atoms with Gasteiger partial charge in [0, 0.05) is 13.7 Å². The van der Waals surface area contributed by atoms with E-state index in [2.05, 4.69) is 5.32 Å². The van der Waals surface area contributed by atoms with E-state index in [-0.39, 0.29) is 17.1 Å². The Balaban J connectivity index is 1.95. The molecule has 0 spiro atoms. The monoisotopic (exact) mass is 281 g/mol. The number of hydrogen-bond acceptors (Lipinski definition) is 4. The van der Waals surface area contributed by atoms with E-state index in [4.69, 9.17) is 14.3 Å². The van der Waals surface area contributed by atoms with E-state index in [0.29, 0.717) is 6.54 Å². The number of hydrogen-bond donors (Lipinski definition) is 2. The van der Waals surface area contributed by atoms with Gasteiger partial charge in [0.1, 0.15) is 0 Å². The predicted octanol–water partition coefficient (Wildman–Crippen LogP) is 2.06. The molecule has 0 radical (unpaired) electrons. The minimum atomic E-state index is -1.19. The highest BCUT2D eigenvalue weighted by atomic mass is 16.5. The highest BCUT2D eigenvalue weighted by Crippen LogP contribution is 2.30. The van der Waals surface area contributed by atoms with Crippen molar-refractivity contribution >= 4 is 11.9 Å². The van der Waals surface area contributed by atoms with Crippen LogP contribution in [0, 0.1) is 0 Å². The van der Waals surface area contributed by atoms with Crippen LogP contribution in [0.5, 0.6) is 0 Å². The third-order valence-electron chi connectivity index (χ3n) is 3.81. The maximum Gasteiger partial charge on any atom is 0.371 e. The van der Waals surface area contributed by atoms with Gasteiger partial charge in [-0.05, 0) is 25.0 Å². The Bertz CT molecular complexity index is 488. The molecule has 0 aliphatic heterocycles. The lowest BCUT2D eigenvalue weighted by Crippen LogP contribution is -2.45. The summed E-state index contributed by atoms with van der Waals surface area (Å²) >= 11 is 0. The normalized spacial score (nSPS) is 17.6. The van der Waals surface area contributed by atoms with Crippen LogP contribution in [0.2, 0.25) is 0 Å². The standard InChI is InChI=1S/C14H19NO5/c1-19-14(7-3-2-4-8-14)9-15-12(16)10-5-6-11(20-10)13(17)18/h5-6H,2-4,7-9H2,1H3,(H,15,16)(H,17,18). The Kier molecular flexibility index (Phi) is 4.44. The van der Waals surface area contributed by atoms with Crippen molar-refractivity contribution in [2.45, 2.75) is 37.7 Å². The quantitative estimate of drug-likeness (QED) is 0.862. The number of nitrogens with one attached hydrogen (secondary N) is 1. The minimum Gasteiger partial charge on any atom is -0.475 e. The molecule has 0 aromatic carbocycles. The van der Waals surface area contributed by atoms with E-state index in [9.17, 15) is 9.59 Å². The lowest BCUT2D eigenvalue weighted by atomic mass is 9.84. The molecular formula is C14H19NO5. The molecule has 2 N–H and O–H groups in total. The average Bonchev–Trinajstić information content (AvgIpc) is 2.96. The molecule has 0 unspecified atom stereocenters. The van der Waals surface area contributed by atoms with Gasteiger partial charge in [0.05, 0.1) is 5.60 Å². The first kappa shape index (κ1) is 14.6. The molecule has 2 rings (SSSR count). The molecule has 1 aliphatic carbocycles. The zero-order valence-electron chi connectivity index (χ0n) is 11.5. The highest BCUT2D eigenvalue weighted by Gasteiger charge is 2.32. The Morgan fingerprint density at radius 1 is 1.30 bits per heavy atom. The highest BCUT2D eigenvalue weighted by molar-refractivity contribution is 5.93. The SMILES string of the molecule is COC1(CNC(=O)c2ccc(C(=O)O)o2)CCCCC1. The van der Waals surface area contributed by atoms with Crippen LogP contribution in [0.4, 0.5) is 0 Å². The lowest BCUT2D eigenvalue weighted by Gasteiger charge is -2.35. The van der Waals surface area contributed by atoms with Crippen molar-refractivity contribution in [3.05, 3.63) is 23.7 Å². The summed E-state index contributed by atoms with van der Waals surface area (Å²) < 4.78 is 10.5. The van der Waals surface area contributed by atoms with Crippen LogP contribution in [0.15, 0.2) is 16.5 Å². The number of rotatable bonds is 5. The second kappa shape index (κ2) is 6.09. The van der Waals surface area contributed by atoms with Crippen molar-refractivity contribution in [1.82, 2.24) is 5.32 Å². The molecule has 20 heavy (non-hydrogen) atoms. The minimum absolute atomic E-state index is 0.00413. The van der Waals surface area contributed by atoms with Crippen molar-refractivity contribution < 1.29 is 23.8 Å². The number of carbonyl (C=O) groups excluding carboxylic acids is 1. The fourth-order valence-electron chi connectivity index (χ4n) is 2.55. The number of carboxylic acids is 1. The summed E-state index contributed by atoms with van der Waals surface area (Å²) in [4.78, 5) is 22.6. The van der Waals surface area contributed by atoms with Gasteiger partial charge in [-0.3, -0.25) is 4.79 Å². The number of furan rings is 1. The molecule has 6 heteroatoms. The number of aromatic carboxylic acids is 1. The maximum absolute atomic E-state index is 11.9. The van der Waals surface area contributed by atoms with Gasteiger partial charge in [-0.15, -0.1) is 0 Å². The largest absolute Gasteiger partial charge is 0.475 e. The molecule has 1 amide bonds. The maximum atomic E-state index is 11.9. The van der Waals surface area contributed by atoms with Gasteiger partial charge in [0.2, 0.25) is 5.76 Å². The number of methoxy groups -OCH3 is 1. The Morgan fingerprint density at radius 3 is 2.50 bits per heavy atom. The van der Waals surface area contributed by atoms with E-state index in [1.807, 2.05) is 0 Å². The summed E-state index contributed by atoms with van der Waals surface area (Å²) in [5, 5.41) is 11.5. The van der Waals surface area contributed by atoms with Crippen LogP contribution in [-0.4, -0.2) is 36.2 Å². The van der Waals surface area contributed by atoms with Crippen molar-refractivity contribution in [3.8, 4) is 0 Å². The van der Waals surface area contributed by atoms with Gasteiger partial charge in [-0.2, -0.15) is 0 Å². The van der Waals surface area contributed by atoms with Crippen molar-refractivity contribution in [2.75, 3.05) is 13.7 Å². The van der Waals surface area contributed by atoms with Crippen LogP contribution < -0.4 is 5.32 Å². The number of ether oxygens (including phenoxy) is 1. The smallest absolute Gasteiger partial charge is 0.371 e. The molecule has 1 aromatic heterocycles. The van der Waals surface area contributed by atoms with Gasteiger partial charge in [-0.25, -0.2) is 4.79 Å². The van der Waals surface area contributed by atoms with Gasteiger partial charge < -0.3 is 19.6 Å². The van der Waals surface area contributed by atoms with Crippen LogP contribution in [0.25, 0.3) is 0 Å². The summed E-state index contributed by atoms with van der Waals surface area (Å²) in [7, 11) is 1.66. The summed E-state index contributed by atoms with van der Waals surface area (Å²) in [6, 6.07) is 2.63. The lowest BCUT2D eigenvalue weighted by molar-refractivity contribution is -0.0365. The zero-order chi connectivity index (χ0) is 14.6. The third kappa shape index (κ3) is 3.19. The molecule has 1 fully saturated rings. The summed E-state index contributed by atoms with van der Waals surface area (Å²) in [5.74, 6) is -1.84. The molecular weight excluding hydrogens is 262 g/mol.